The normalized spacial score (nSPS) is 24.5. The number of H-pyrrole nitrogens is 1. The van der Waals surface area contributed by atoms with Gasteiger partial charge in [0.25, 0.3) is 5.91 Å². The number of amides is 1. The molecule has 3 heterocycles. The molecule has 7 heteroatoms. The van der Waals surface area contributed by atoms with Gasteiger partial charge in [0, 0.05) is 35.6 Å². The van der Waals surface area contributed by atoms with Crippen LogP contribution < -0.4 is 5.32 Å². The van der Waals surface area contributed by atoms with Gasteiger partial charge in [0.2, 0.25) is 0 Å². The maximum atomic E-state index is 14.1. The average Bonchev–Trinajstić information content (AvgIpc) is 3.14. The van der Waals surface area contributed by atoms with Gasteiger partial charge in [-0.15, -0.1) is 0 Å². The molecule has 2 aliphatic rings. The lowest BCUT2D eigenvalue weighted by atomic mass is 9.89. The van der Waals surface area contributed by atoms with Gasteiger partial charge in [-0.3, -0.25) is 14.8 Å². The third-order valence-corrected chi connectivity index (χ3v) is 6.00. The van der Waals surface area contributed by atoms with E-state index >= 15 is 0 Å². The van der Waals surface area contributed by atoms with E-state index in [4.69, 9.17) is 4.74 Å². The molecule has 3 atom stereocenters. The zero-order valence-electron chi connectivity index (χ0n) is 16.0. The Labute approximate surface area is 168 Å². The van der Waals surface area contributed by atoms with E-state index in [1.54, 1.807) is 6.07 Å². The van der Waals surface area contributed by atoms with Crippen molar-refractivity contribution in [1.82, 2.24) is 20.4 Å². The number of hydrogen-bond acceptors (Lipinski definition) is 4. The molecular formula is C22H23FN4O2. The Bertz CT molecular complexity index is 1020. The van der Waals surface area contributed by atoms with Gasteiger partial charge < -0.3 is 10.1 Å². The first-order valence-electron chi connectivity index (χ1n) is 10.00. The fourth-order valence-corrected chi connectivity index (χ4v) is 4.58. The molecule has 2 aromatic carbocycles. The average molecular weight is 394 g/mol. The van der Waals surface area contributed by atoms with Gasteiger partial charge in [-0.05, 0) is 25.0 Å². The number of carbonyl (C=O) groups is 1. The Balaban J connectivity index is 1.29. The molecule has 1 aromatic heterocycles. The summed E-state index contributed by atoms with van der Waals surface area (Å²) < 4.78 is 19.9. The standard InChI is InChI=1S/C22H23FN4O2/c23-19-7-3-1-5-14(19)11-27-16-9-15(10-17(27)13-29-12-16)24-22(28)21-18-6-2-4-8-20(18)25-26-21/h1-8,15-17H,9-13H2,(H,24,28)(H,25,26)/t15?,16-,17+. The number of nitrogens with zero attached hydrogens (tertiary/aromatic N) is 2. The molecule has 5 rings (SSSR count). The third-order valence-electron chi connectivity index (χ3n) is 6.00. The lowest BCUT2D eigenvalue weighted by Crippen LogP contribution is -2.60. The highest BCUT2D eigenvalue weighted by atomic mass is 19.1. The number of para-hydroxylation sites is 1. The number of hydrogen-bond donors (Lipinski definition) is 2. The lowest BCUT2D eigenvalue weighted by molar-refractivity contribution is -0.0846. The van der Waals surface area contributed by atoms with Gasteiger partial charge in [0.1, 0.15) is 5.82 Å². The Hall–Kier alpha value is -2.77. The predicted octanol–water partition coefficient (Wildman–Crippen LogP) is 2.86. The summed E-state index contributed by atoms with van der Waals surface area (Å²) in [5.41, 5.74) is 1.98. The Morgan fingerprint density at radius 1 is 1.14 bits per heavy atom. The van der Waals surface area contributed by atoms with Crippen molar-refractivity contribution >= 4 is 16.8 Å². The molecule has 0 aliphatic carbocycles. The molecule has 0 radical (unpaired) electrons. The molecule has 3 aromatic rings. The number of nitrogens with one attached hydrogen (secondary N) is 2. The Kier molecular flexibility index (Phi) is 4.77. The van der Waals surface area contributed by atoms with Crippen molar-refractivity contribution in [2.45, 2.75) is 37.5 Å². The van der Waals surface area contributed by atoms with Crippen LogP contribution in [0.1, 0.15) is 28.9 Å². The predicted molar refractivity (Wildman–Crippen MR) is 107 cm³/mol. The zero-order valence-corrected chi connectivity index (χ0v) is 16.0. The van der Waals surface area contributed by atoms with Crippen molar-refractivity contribution in [1.29, 1.82) is 0 Å². The van der Waals surface area contributed by atoms with E-state index in [2.05, 4.69) is 20.4 Å². The van der Waals surface area contributed by atoms with Gasteiger partial charge in [-0.25, -0.2) is 4.39 Å². The van der Waals surface area contributed by atoms with Crippen LogP contribution in [0, 0.1) is 5.82 Å². The fourth-order valence-electron chi connectivity index (χ4n) is 4.58. The second-order valence-electron chi connectivity index (χ2n) is 7.87. The SMILES string of the molecule is O=C(NC1C[C@H]2COC[C@@H](C1)N2Cc1ccccc1F)c1n[nH]c2ccccc12. The number of halogens is 1. The maximum Gasteiger partial charge on any atom is 0.272 e. The van der Waals surface area contributed by atoms with Crippen LogP contribution in [0.4, 0.5) is 4.39 Å². The molecule has 1 amide bonds. The van der Waals surface area contributed by atoms with Crippen molar-refractivity contribution in [3.05, 3.63) is 65.6 Å². The van der Waals surface area contributed by atoms with Crippen LogP contribution in [0.15, 0.2) is 48.5 Å². The second kappa shape index (κ2) is 7.57. The first kappa shape index (κ1) is 18.3. The monoisotopic (exact) mass is 394 g/mol. The molecule has 150 valence electrons. The molecule has 0 spiro atoms. The van der Waals surface area contributed by atoms with Crippen molar-refractivity contribution < 1.29 is 13.9 Å². The van der Waals surface area contributed by atoms with E-state index in [1.165, 1.54) is 6.07 Å². The van der Waals surface area contributed by atoms with Crippen molar-refractivity contribution in [2.75, 3.05) is 13.2 Å². The highest BCUT2D eigenvalue weighted by molar-refractivity contribution is 6.04. The van der Waals surface area contributed by atoms with Crippen LogP contribution in [0.3, 0.4) is 0 Å². The van der Waals surface area contributed by atoms with Gasteiger partial charge >= 0.3 is 0 Å². The number of piperidine rings is 1. The molecule has 29 heavy (non-hydrogen) atoms. The van der Waals surface area contributed by atoms with Crippen LogP contribution in [-0.4, -0.2) is 52.3 Å². The molecular weight excluding hydrogens is 371 g/mol. The number of morpholine rings is 1. The van der Waals surface area contributed by atoms with Crippen LogP contribution in [-0.2, 0) is 11.3 Å². The number of ether oxygens (including phenoxy) is 1. The highest BCUT2D eigenvalue weighted by Crippen LogP contribution is 2.30. The molecule has 2 bridgehead atoms. The van der Waals surface area contributed by atoms with Gasteiger partial charge in [0.05, 0.1) is 18.7 Å². The number of aromatic nitrogens is 2. The van der Waals surface area contributed by atoms with Gasteiger partial charge in [-0.2, -0.15) is 5.10 Å². The summed E-state index contributed by atoms with van der Waals surface area (Å²) in [6.45, 7) is 1.77. The van der Waals surface area contributed by atoms with Crippen molar-refractivity contribution in [3.63, 3.8) is 0 Å². The summed E-state index contributed by atoms with van der Waals surface area (Å²) >= 11 is 0. The summed E-state index contributed by atoms with van der Waals surface area (Å²) in [7, 11) is 0. The van der Waals surface area contributed by atoms with E-state index < -0.39 is 0 Å². The molecule has 6 nitrogen and oxygen atoms in total. The largest absolute Gasteiger partial charge is 0.378 e. The van der Waals surface area contributed by atoms with E-state index in [-0.39, 0.29) is 29.8 Å². The lowest BCUT2D eigenvalue weighted by Gasteiger charge is -2.48. The molecule has 2 aliphatic heterocycles. The second-order valence-corrected chi connectivity index (χ2v) is 7.87. The zero-order chi connectivity index (χ0) is 19.8. The van der Waals surface area contributed by atoms with E-state index in [0.717, 1.165) is 23.7 Å². The van der Waals surface area contributed by atoms with Gasteiger partial charge in [-0.1, -0.05) is 36.4 Å². The minimum Gasteiger partial charge on any atom is -0.378 e. The van der Waals surface area contributed by atoms with E-state index in [0.29, 0.717) is 31.0 Å². The minimum atomic E-state index is -0.174. The number of aromatic amines is 1. The fraction of sp³-hybridized carbons (Fsp3) is 0.364. The summed E-state index contributed by atoms with van der Waals surface area (Å²) in [6.07, 6.45) is 1.55. The molecule has 2 N–H and O–H groups in total. The first-order chi connectivity index (χ1) is 14.2. The molecule has 2 fully saturated rings. The quantitative estimate of drug-likeness (QED) is 0.714. The summed E-state index contributed by atoms with van der Waals surface area (Å²) in [5, 5.41) is 11.1. The van der Waals surface area contributed by atoms with Crippen molar-refractivity contribution in [2.24, 2.45) is 0 Å². The van der Waals surface area contributed by atoms with Crippen LogP contribution in [0.25, 0.3) is 10.9 Å². The topological polar surface area (TPSA) is 70.2 Å². The van der Waals surface area contributed by atoms with E-state index in [9.17, 15) is 9.18 Å². The van der Waals surface area contributed by atoms with Gasteiger partial charge in [0.15, 0.2) is 5.69 Å². The minimum absolute atomic E-state index is 0.0498. The highest BCUT2D eigenvalue weighted by Gasteiger charge is 2.39. The van der Waals surface area contributed by atoms with Crippen LogP contribution in [0.5, 0.6) is 0 Å². The van der Waals surface area contributed by atoms with Crippen LogP contribution >= 0.6 is 0 Å². The van der Waals surface area contributed by atoms with E-state index in [1.807, 2.05) is 36.4 Å². The third kappa shape index (κ3) is 3.52. The Morgan fingerprint density at radius 3 is 2.66 bits per heavy atom. The number of carbonyl (C=O) groups excluding carboxylic acids is 1. The number of rotatable bonds is 4. The smallest absolute Gasteiger partial charge is 0.272 e. The molecule has 2 saturated heterocycles. The number of benzene rings is 2. The van der Waals surface area contributed by atoms with Crippen molar-refractivity contribution in [3.8, 4) is 0 Å². The summed E-state index contributed by atoms with van der Waals surface area (Å²) in [6, 6.07) is 14.9. The summed E-state index contributed by atoms with van der Waals surface area (Å²) in [5.74, 6) is -0.332. The Morgan fingerprint density at radius 2 is 1.86 bits per heavy atom. The molecule has 1 unspecified atom stereocenters. The number of fused-ring (bicyclic) bond motifs is 3. The molecule has 0 saturated carbocycles. The summed E-state index contributed by atoms with van der Waals surface area (Å²) in [4.78, 5) is 15.2. The van der Waals surface area contributed by atoms with Crippen LogP contribution in [0.2, 0.25) is 0 Å². The maximum absolute atomic E-state index is 14.1. The first-order valence-corrected chi connectivity index (χ1v) is 10.00.